The topological polar surface area (TPSA) is 75.7 Å². The zero-order chi connectivity index (χ0) is 24.4. The van der Waals surface area contributed by atoms with Crippen molar-refractivity contribution in [2.45, 2.75) is 17.2 Å². The average Bonchev–Trinajstić information content (AvgIpc) is 3.25. The number of sulfonamides is 1. The van der Waals surface area contributed by atoms with Gasteiger partial charge in [0.15, 0.2) is 0 Å². The van der Waals surface area contributed by atoms with E-state index in [4.69, 9.17) is 4.74 Å². The Kier molecular flexibility index (Phi) is 6.40. The van der Waals surface area contributed by atoms with E-state index >= 15 is 0 Å². The fourth-order valence-electron chi connectivity index (χ4n) is 4.12. The van der Waals surface area contributed by atoms with Gasteiger partial charge in [0.25, 0.3) is 10.0 Å². The summed E-state index contributed by atoms with van der Waals surface area (Å²) in [6.45, 7) is 2.49. The van der Waals surface area contributed by atoms with Crippen LogP contribution >= 0.6 is 11.8 Å². The molecule has 0 bridgehead atoms. The Bertz CT molecular complexity index is 1490. The summed E-state index contributed by atoms with van der Waals surface area (Å²) < 4.78 is 34.4. The number of nitrogens with zero attached hydrogens (tertiary/aromatic N) is 1. The number of anilines is 2. The van der Waals surface area contributed by atoms with Crippen LogP contribution in [-0.4, -0.2) is 26.7 Å². The number of benzene rings is 4. The third-order valence-corrected chi connectivity index (χ3v) is 8.34. The Labute approximate surface area is 209 Å². The predicted octanol–water partition coefficient (Wildman–Crippen LogP) is 5.82. The molecule has 1 heterocycles. The highest BCUT2D eigenvalue weighted by atomic mass is 32.2. The van der Waals surface area contributed by atoms with Gasteiger partial charge < -0.3 is 4.74 Å². The van der Waals surface area contributed by atoms with Gasteiger partial charge in [-0.25, -0.2) is 8.42 Å². The molecule has 178 valence electrons. The summed E-state index contributed by atoms with van der Waals surface area (Å²) in [5, 5.41) is 1.58. The summed E-state index contributed by atoms with van der Waals surface area (Å²) in [4.78, 5) is 14.7. The van der Waals surface area contributed by atoms with Crippen molar-refractivity contribution in [3.8, 4) is 5.75 Å². The molecule has 1 fully saturated rings. The van der Waals surface area contributed by atoms with E-state index in [0.29, 0.717) is 18.0 Å². The van der Waals surface area contributed by atoms with Crippen LogP contribution in [0.25, 0.3) is 10.8 Å². The molecular weight excluding hydrogens is 480 g/mol. The van der Waals surface area contributed by atoms with Gasteiger partial charge in [-0.2, -0.15) is 0 Å². The van der Waals surface area contributed by atoms with Crippen LogP contribution in [0.2, 0.25) is 0 Å². The van der Waals surface area contributed by atoms with Gasteiger partial charge in [-0.3, -0.25) is 14.4 Å². The highest BCUT2D eigenvalue weighted by Crippen LogP contribution is 2.42. The van der Waals surface area contributed by atoms with E-state index in [1.54, 1.807) is 41.3 Å². The van der Waals surface area contributed by atoms with Crippen molar-refractivity contribution in [3.63, 3.8) is 0 Å². The molecule has 0 unspecified atom stereocenters. The van der Waals surface area contributed by atoms with E-state index in [1.165, 1.54) is 11.8 Å². The van der Waals surface area contributed by atoms with Crippen LogP contribution in [0.1, 0.15) is 17.9 Å². The van der Waals surface area contributed by atoms with Crippen LogP contribution in [0.3, 0.4) is 0 Å². The Morgan fingerprint density at radius 3 is 2.49 bits per heavy atom. The number of rotatable bonds is 7. The minimum Gasteiger partial charge on any atom is -0.494 e. The Morgan fingerprint density at radius 1 is 0.943 bits per heavy atom. The van der Waals surface area contributed by atoms with E-state index in [1.807, 2.05) is 61.5 Å². The number of fused-ring (bicyclic) bond motifs is 1. The number of amides is 1. The first-order chi connectivity index (χ1) is 16.9. The second-order valence-corrected chi connectivity index (χ2v) is 10.8. The van der Waals surface area contributed by atoms with Crippen molar-refractivity contribution in [2.24, 2.45) is 0 Å². The van der Waals surface area contributed by atoms with E-state index in [2.05, 4.69) is 4.72 Å². The highest BCUT2D eigenvalue weighted by molar-refractivity contribution is 8.00. The monoisotopic (exact) mass is 504 g/mol. The molecule has 0 spiro atoms. The maximum absolute atomic E-state index is 13.1. The normalized spacial score (nSPS) is 16.0. The molecule has 4 aromatic rings. The highest BCUT2D eigenvalue weighted by Gasteiger charge is 2.34. The van der Waals surface area contributed by atoms with Crippen LogP contribution in [0, 0.1) is 0 Å². The van der Waals surface area contributed by atoms with Gasteiger partial charge in [0.1, 0.15) is 11.1 Å². The van der Waals surface area contributed by atoms with Gasteiger partial charge in [0.2, 0.25) is 5.91 Å². The van der Waals surface area contributed by atoms with Crippen LogP contribution < -0.4 is 14.4 Å². The molecule has 1 aliphatic rings. The van der Waals surface area contributed by atoms with Gasteiger partial charge in [-0.05, 0) is 71.8 Å². The lowest BCUT2D eigenvalue weighted by Crippen LogP contribution is -2.27. The number of thioether (sulfide) groups is 1. The SMILES string of the molecule is CCOc1ccc(N2C(=O)CS[C@H]2c2cccc(NS(=O)(=O)c3ccc4ccccc4c3)c2)cc1. The first-order valence-corrected chi connectivity index (χ1v) is 13.8. The summed E-state index contributed by atoms with van der Waals surface area (Å²) in [5.74, 6) is 1.11. The third kappa shape index (κ3) is 4.85. The van der Waals surface area contributed by atoms with E-state index in [-0.39, 0.29) is 16.2 Å². The molecule has 8 heteroatoms. The largest absolute Gasteiger partial charge is 0.494 e. The molecule has 1 N–H and O–H groups in total. The van der Waals surface area contributed by atoms with Crippen LogP contribution in [-0.2, 0) is 14.8 Å². The summed E-state index contributed by atoms with van der Waals surface area (Å²) in [6, 6.07) is 27.3. The molecule has 0 saturated carbocycles. The van der Waals surface area contributed by atoms with Gasteiger partial charge in [-0.15, -0.1) is 11.8 Å². The van der Waals surface area contributed by atoms with Gasteiger partial charge in [0.05, 0.1) is 17.3 Å². The van der Waals surface area contributed by atoms with Crippen molar-refractivity contribution < 1.29 is 17.9 Å². The number of carbonyl (C=O) groups is 1. The van der Waals surface area contributed by atoms with Crippen LogP contribution in [0.4, 0.5) is 11.4 Å². The van der Waals surface area contributed by atoms with Crippen molar-refractivity contribution in [3.05, 3.63) is 96.6 Å². The van der Waals surface area contributed by atoms with E-state index in [0.717, 1.165) is 27.8 Å². The standard InChI is InChI=1S/C27H24N2O4S2/c1-2-33-24-13-11-23(12-14-24)29-26(30)18-34-27(29)21-8-5-9-22(16-21)28-35(31,32)25-15-10-19-6-3-4-7-20(19)17-25/h3-17,27-28H,2,18H2,1H3/t27-/m0/s1. The second kappa shape index (κ2) is 9.64. The molecule has 1 saturated heterocycles. The molecule has 5 rings (SSSR count). The Morgan fingerprint density at radius 2 is 1.71 bits per heavy atom. The quantitative estimate of drug-likeness (QED) is 0.343. The fraction of sp³-hybridized carbons (Fsp3) is 0.148. The average molecular weight is 505 g/mol. The molecule has 1 atom stereocenters. The Hall–Kier alpha value is -3.49. The summed E-state index contributed by atoms with van der Waals surface area (Å²) in [6.07, 6.45) is 0. The maximum atomic E-state index is 13.1. The lowest BCUT2D eigenvalue weighted by Gasteiger charge is -2.25. The zero-order valence-corrected chi connectivity index (χ0v) is 20.7. The number of carbonyl (C=O) groups excluding carboxylic acids is 1. The van der Waals surface area contributed by atoms with Crippen LogP contribution in [0.5, 0.6) is 5.75 Å². The molecule has 1 aliphatic heterocycles. The molecular formula is C27H24N2O4S2. The molecule has 0 aliphatic carbocycles. The lowest BCUT2D eigenvalue weighted by atomic mass is 10.1. The van der Waals surface area contributed by atoms with Gasteiger partial charge in [-0.1, -0.05) is 42.5 Å². The first-order valence-electron chi connectivity index (χ1n) is 11.2. The lowest BCUT2D eigenvalue weighted by molar-refractivity contribution is -0.115. The fourth-order valence-corrected chi connectivity index (χ4v) is 6.38. The van der Waals surface area contributed by atoms with Crippen molar-refractivity contribution in [1.29, 1.82) is 0 Å². The first kappa shape index (κ1) is 23.3. The number of nitrogens with one attached hydrogen (secondary N) is 1. The third-order valence-electron chi connectivity index (χ3n) is 5.75. The summed E-state index contributed by atoms with van der Waals surface area (Å²) >= 11 is 1.51. The molecule has 6 nitrogen and oxygen atoms in total. The van der Waals surface area contributed by atoms with Crippen LogP contribution in [0.15, 0.2) is 95.9 Å². The predicted molar refractivity (Wildman–Crippen MR) is 141 cm³/mol. The van der Waals surface area contributed by atoms with Crippen molar-refractivity contribution >= 4 is 49.8 Å². The smallest absolute Gasteiger partial charge is 0.261 e. The summed E-state index contributed by atoms with van der Waals surface area (Å²) in [5.41, 5.74) is 2.06. The molecule has 0 aromatic heterocycles. The van der Waals surface area contributed by atoms with E-state index in [9.17, 15) is 13.2 Å². The zero-order valence-electron chi connectivity index (χ0n) is 19.0. The molecule has 0 radical (unpaired) electrons. The Balaban J connectivity index is 1.41. The minimum absolute atomic E-state index is 0.00584. The number of hydrogen-bond acceptors (Lipinski definition) is 5. The maximum Gasteiger partial charge on any atom is 0.261 e. The number of ether oxygens (including phenoxy) is 1. The van der Waals surface area contributed by atoms with Crippen molar-refractivity contribution in [1.82, 2.24) is 0 Å². The van der Waals surface area contributed by atoms with Gasteiger partial charge >= 0.3 is 0 Å². The number of hydrogen-bond donors (Lipinski definition) is 1. The second-order valence-electron chi connectivity index (χ2n) is 8.09. The molecule has 35 heavy (non-hydrogen) atoms. The molecule has 4 aromatic carbocycles. The van der Waals surface area contributed by atoms with Gasteiger partial charge in [0, 0.05) is 11.4 Å². The molecule has 1 amide bonds. The minimum atomic E-state index is -3.78. The van der Waals surface area contributed by atoms with E-state index < -0.39 is 10.0 Å². The van der Waals surface area contributed by atoms with Crippen molar-refractivity contribution in [2.75, 3.05) is 22.0 Å². The summed E-state index contributed by atoms with van der Waals surface area (Å²) in [7, 11) is -3.78.